The average Bonchev–Trinajstić information content (AvgIpc) is 2.67. The van der Waals surface area contributed by atoms with Crippen LogP contribution in [0.3, 0.4) is 0 Å². The van der Waals surface area contributed by atoms with E-state index in [1.165, 1.54) is 24.3 Å². The van der Waals surface area contributed by atoms with Crippen molar-refractivity contribution in [3.63, 3.8) is 0 Å². The fourth-order valence-corrected chi connectivity index (χ4v) is 3.73. The summed E-state index contributed by atoms with van der Waals surface area (Å²) >= 11 is 0. The fraction of sp³-hybridized carbons (Fsp3) is 0.350. The van der Waals surface area contributed by atoms with Crippen molar-refractivity contribution in [3.8, 4) is 17.2 Å². The minimum Gasteiger partial charge on any atom is -0.486 e. The summed E-state index contributed by atoms with van der Waals surface area (Å²) in [5, 5.41) is 2.76. The van der Waals surface area contributed by atoms with E-state index in [0.717, 1.165) is 0 Å². The number of fused-ring (bicyclic) bond motifs is 1. The third kappa shape index (κ3) is 5.32. The third-order valence-electron chi connectivity index (χ3n) is 4.04. The zero-order chi connectivity index (χ0) is 21.0. The molecule has 0 aromatic heterocycles. The predicted molar refractivity (Wildman–Crippen MR) is 108 cm³/mol. The Morgan fingerprint density at radius 3 is 2.31 bits per heavy atom. The van der Waals surface area contributed by atoms with Gasteiger partial charge < -0.3 is 19.5 Å². The van der Waals surface area contributed by atoms with Crippen LogP contribution in [0.5, 0.6) is 17.2 Å². The van der Waals surface area contributed by atoms with Gasteiger partial charge in [-0.05, 0) is 57.2 Å². The number of amides is 1. The lowest BCUT2D eigenvalue weighted by Gasteiger charge is -2.19. The number of hydrogen-bond acceptors (Lipinski definition) is 6. The maximum atomic E-state index is 12.6. The van der Waals surface area contributed by atoms with Crippen LogP contribution in [0.25, 0.3) is 0 Å². The van der Waals surface area contributed by atoms with E-state index in [0.29, 0.717) is 36.1 Å². The number of ether oxygens (including phenoxy) is 3. The van der Waals surface area contributed by atoms with Crippen molar-refractivity contribution in [2.75, 3.05) is 17.9 Å². The average molecular weight is 420 g/mol. The Bertz CT molecular complexity index is 973. The molecule has 8 nitrogen and oxygen atoms in total. The molecule has 9 heteroatoms. The van der Waals surface area contributed by atoms with Gasteiger partial charge in [0.25, 0.3) is 15.9 Å². The number of nitrogens with one attached hydrogen (secondary N) is 2. The number of hydrogen-bond donors (Lipinski definition) is 2. The standard InChI is InChI=1S/C20H24N2O6S/c1-13(2)21-20(23)14(3)28-16-5-7-17(8-6-16)29(24,25)22-15-4-9-18-19(12-15)27-11-10-26-18/h4-9,12-14,22H,10-11H2,1-3H3,(H,21,23)/t14-/m0/s1. The third-order valence-corrected chi connectivity index (χ3v) is 5.44. The molecule has 0 spiro atoms. The summed E-state index contributed by atoms with van der Waals surface area (Å²) in [4.78, 5) is 12.0. The van der Waals surface area contributed by atoms with Crippen molar-refractivity contribution in [1.82, 2.24) is 5.32 Å². The molecule has 29 heavy (non-hydrogen) atoms. The monoisotopic (exact) mass is 420 g/mol. The first-order chi connectivity index (χ1) is 13.7. The first kappa shape index (κ1) is 20.8. The van der Waals surface area contributed by atoms with Crippen LogP contribution in [0.15, 0.2) is 47.4 Å². The summed E-state index contributed by atoms with van der Waals surface area (Å²) < 4.78 is 44.3. The van der Waals surface area contributed by atoms with Crippen LogP contribution in [0.2, 0.25) is 0 Å². The molecular formula is C20H24N2O6S. The highest BCUT2D eigenvalue weighted by Gasteiger charge is 2.19. The number of anilines is 1. The second-order valence-corrected chi connectivity index (χ2v) is 8.54. The van der Waals surface area contributed by atoms with Crippen LogP contribution in [0, 0.1) is 0 Å². The Morgan fingerprint density at radius 2 is 1.66 bits per heavy atom. The molecule has 0 unspecified atom stereocenters. The van der Waals surface area contributed by atoms with Gasteiger partial charge >= 0.3 is 0 Å². The highest BCUT2D eigenvalue weighted by Crippen LogP contribution is 2.33. The summed E-state index contributed by atoms with van der Waals surface area (Å²) in [7, 11) is -3.80. The van der Waals surface area contributed by atoms with Gasteiger partial charge in [-0.25, -0.2) is 8.42 Å². The van der Waals surface area contributed by atoms with E-state index in [9.17, 15) is 13.2 Å². The molecule has 1 atom stereocenters. The van der Waals surface area contributed by atoms with Crippen LogP contribution in [-0.2, 0) is 14.8 Å². The molecule has 2 aromatic carbocycles. The van der Waals surface area contributed by atoms with Crippen LogP contribution in [-0.4, -0.2) is 39.7 Å². The van der Waals surface area contributed by atoms with Gasteiger partial charge in [0.05, 0.1) is 10.6 Å². The smallest absolute Gasteiger partial charge is 0.261 e. The van der Waals surface area contributed by atoms with E-state index in [1.807, 2.05) is 13.8 Å². The van der Waals surface area contributed by atoms with Gasteiger partial charge in [-0.1, -0.05) is 0 Å². The van der Waals surface area contributed by atoms with Gasteiger partial charge in [-0.3, -0.25) is 9.52 Å². The number of carbonyl (C=O) groups excluding carboxylic acids is 1. The summed E-state index contributed by atoms with van der Waals surface area (Å²) in [6, 6.07) is 10.7. The Hall–Kier alpha value is -2.94. The SMILES string of the molecule is CC(C)NC(=O)[C@H](C)Oc1ccc(S(=O)(=O)Nc2ccc3c(c2)OCCO3)cc1. The van der Waals surface area contributed by atoms with E-state index >= 15 is 0 Å². The maximum absolute atomic E-state index is 12.6. The van der Waals surface area contributed by atoms with E-state index in [2.05, 4.69) is 10.0 Å². The van der Waals surface area contributed by atoms with Crippen molar-refractivity contribution in [1.29, 1.82) is 0 Å². The van der Waals surface area contributed by atoms with Gasteiger partial charge in [0, 0.05) is 12.1 Å². The first-order valence-electron chi connectivity index (χ1n) is 9.24. The molecule has 0 radical (unpaired) electrons. The van der Waals surface area contributed by atoms with Crippen LogP contribution in [0.1, 0.15) is 20.8 Å². The van der Waals surface area contributed by atoms with Crippen molar-refractivity contribution < 1.29 is 27.4 Å². The van der Waals surface area contributed by atoms with E-state index < -0.39 is 16.1 Å². The lowest BCUT2D eigenvalue weighted by Crippen LogP contribution is -2.40. The largest absolute Gasteiger partial charge is 0.486 e. The van der Waals surface area contributed by atoms with Gasteiger partial charge in [0.2, 0.25) is 0 Å². The van der Waals surface area contributed by atoms with Crippen molar-refractivity contribution in [3.05, 3.63) is 42.5 Å². The molecule has 1 amide bonds. The van der Waals surface area contributed by atoms with E-state index in [4.69, 9.17) is 14.2 Å². The van der Waals surface area contributed by atoms with E-state index in [-0.39, 0.29) is 16.8 Å². The minimum atomic E-state index is -3.80. The van der Waals surface area contributed by atoms with E-state index in [1.54, 1.807) is 25.1 Å². The highest BCUT2D eigenvalue weighted by atomic mass is 32.2. The van der Waals surface area contributed by atoms with Gasteiger partial charge in [-0.2, -0.15) is 0 Å². The molecule has 3 rings (SSSR count). The molecule has 0 aliphatic carbocycles. The molecule has 0 saturated heterocycles. The molecule has 156 valence electrons. The molecule has 0 saturated carbocycles. The van der Waals surface area contributed by atoms with Gasteiger partial charge in [0.1, 0.15) is 19.0 Å². The summed E-state index contributed by atoms with van der Waals surface area (Å²) in [6.45, 7) is 6.23. The zero-order valence-corrected chi connectivity index (χ0v) is 17.3. The Labute approximate surface area is 170 Å². The molecule has 1 heterocycles. The first-order valence-corrected chi connectivity index (χ1v) is 10.7. The summed E-state index contributed by atoms with van der Waals surface area (Å²) in [5.41, 5.74) is 0.369. The zero-order valence-electron chi connectivity index (χ0n) is 16.5. The van der Waals surface area contributed by atoms with Crippen molar-refractivity contribution >= 4 is 21.6 Å². The van der Waals surface area contributed by atoms with Gasteiger partial charge in [-0.15, -0.1) is 0 Å². The second kappa shape index (κ2) is 8.60. The summed E-state index contributed by atoms with van der Waals surface area (Å²) in [6.07, 6.45) is -0.698. The number of rotatable bonds is 7. The van der Waals surface area contributed by atoms with Crippen molar-refractivity contribution in [2.24, 2.45) is 0 Å². The van der Waals surface area contributed by atoms with Crippen LogP contribution in [0.4, 0.5) is 5.69 Å². The molecule has 2 aromatic rings. The fourth-order valence-electron chi connectivity index (χ4n) is 2.68. The Morgan fingerprint density at radius 1 is 1.00 bits per heavy atom. The number of benzene rings is 2. The maximum Gasteiger partial charge on any atom is 0.261 e. The molecular weight excluding hydrogens is 396 g/mol. The topological polar surface area (TPSA) is 103 Å². The lowest BCUT2D eigenvalue weighted by atomic mass is 10.3. The van der Waals surface area contributed by atoms with Crippen LogP contribution < -0.4 is 24.2 Å². The molecule has 0 fully saturated rings. The molecule has 1 aliphatic heterocycles. The van der Waals surface area contributed by atoms with Gasteiger partial charge in [0.15, 0.2) is 17.6 Å². The lowest BCUT2D eigenvalue weighted by molar-refractivity contribution is -0.127. The Balaban J connectivity index is 1.67. The number of carbonyl (C=O) groups is 1. The number of sulfonamides is 1. The normalized spacial score (nSPS) is 14.2. The second-order valence-electron chi connectivity index (χ2n) is 6.86. The molecule has 0 bridgehead atoms. The molecule has 1 aliphatic rings. The molecule has 2 N–H and O–H groups in total. The quantitative estimate of drug-likeness (QED) is 0.714. The Kier molecular flexibility index (Phi) is 6.17. The predicted octanol–water partition coefficient (Wildman–Crippen LogP) is 2.55. The highest BCUT2D eigenvalue weighted by molar-refractivity contribution is 7.92. The van der Waals surface area contributed by atoms with Crippen molar-refractivity contribution in [2.45, 2.75) is 37.8 Å². The summed E-state index contributed by atoms with van der Waals surface area (Å²) in [5.74, 6) is 1.23. The van der Waals surface area contributed by atoms with Crippen LogP contribution >= 0.6 is 0 Å². The minimum absolute atomic E-state index is 0.00713.